The first kappa shape index (κ1) is 9.83. The fourth-order valence-corrected chi connectivity index (χ4v) is 1.04. The summed E-state index contributed by atoms with van der Waals surface area (Å²) in [6, 6.07) is 0.948. The van der Waals surface area contributed by atoms with Crippen LogP contribution in [0.4, 0.5) is 13.2 Å². The van der Waals surface area contributed by atoms with Crippen LogP contribution in [0.2, 0.25) is 0 Å². The second kappa shape index (κ2) is 3.64. The van der Waals surface area contributed by atoms with Crippen molar-refractivity contribution in [3.05, 3.63) is 23.1 Å². The lowest BCUT2D eigenvalue weighted by atomic mass is 10.1. The lowest BCUT2D eigenvalue weighted by Gasteiger charge is -2.08. The minimum absolute atomic E-state index is 0.138. The maximum Gasteiger partial charge on any atom is 0.269 e. The van der Waals surface area contributed by atoms with Gasteiger partial charge < -0.3 is 4.74 Å². The van der Waals surface area contributed by atoms with Crippen molar-refractivity contribution >= 4 is 0 Å². The molecular weight excluding hydrogens is 183 g/mol. The van der Waals surface area contributed by atoms with E-state index in [1.54, 1.807) is 0 Å². The van der Waals surface area contributed by atoms with Gasteiger partial charge in [0.2, 0.25) is 11.8 Å². The Kier molecular flexibility index (Phi) is 2.75. The summed E-state index contributed by atoms with van der Waals surface area (Å²) in [6.07, 6.45) is -2.71. The fourth-order valence-electron chi connectivity index (χ4n) is 1.04. The van der Waals surface area contributed by atoms with Crippen LogP contribution in [0.25, 0.3) is 0 Å². The summed E-state index contributed by atoms with van der Waals surface area (Å²) in [7, 11) is 1.17. The molecule has 0 saturated heterocycles. The van der Waals surface area contributed by atoms with Crippen LogP contribution >= 0.6 is 0 Å². The van der Waals surface area contributed by atoms with Crippen LogP contribution in [0.15, 0.2) is 6.07 Å². The average Bonchev–Trinajstić information content (AvgIpc) is 2.01. The lowest BCUT2D eigenvalue weighted by Crippen LogP contribution is -2.00. The van der Waals surface area contributed by atoms with E-state index in [1.807, 2.05) is 0 Å². The van der Waals surface area contributed by atoms with E-state index >= 15 is 0 Å². The van der Waals surface area contributed by atoms with Crippen LogP contribution in [0.3, 0.4) is 0 Å². The Hall–Kier alpha value is -1.26. The van der Waals surface area contributed by atoms with Crippen molar-refractivity contribution in [1.82, 2.24) is 4.98 Å². The molecule has 0 aliphatic carbocycles. The number of hydrogen-bond donors (Lipinski definition) is 0. The molecule has 0 bridgehead atoms. The fraction of sp³-hybridized carbons (Fsp3) is 0.375. The highest BCUT2D eigenvalue weighted by atomic mass is 19.3. The van der Waals surface area contributed by atoms with Crippen LogP contribution in [0.1, 0.15) is 17.6 Å². The van der Waals surface area contributed by atoms with E-state index < -0.39 is 12.4 Å². The maximum atomic E-state index is 12.6. The van der Waals surface area contributed by atoms with Gasteiger partial charge in [-0.05, 0) is 18.6 Å². The van der Waals surface area contributed by atoms with Gasteiger partial charge in [0.1, 0.15) is 0 Å². The van der Waals surface area contributed by atoms with Gasteiger partial charge in [-0.25, -0.2) is 8.78 Å². The van der Waals surface area contributed by atoms with Crippen LogP contribution < -0.4 is 4.74 Å². The second-order valence-electron chi connectivity index (χ2n) is 2.49. The second-order valence-corrected chi connectivity index (χ2v) is 2.49. The lowest BCUT2D eigenvalue weighted by molar-refractivity contribution is 0.144. The molecule has 0 N–H and O–H groups in total. The third kappa shape index (κ3) is 1.91. The zero-order valence-corrected chi connectivity index (χ0v) is 7.14. The molecule has 0 spiro atoms. The van der Waals surface area contributed by atoms with E-state index in [0.717, 1.165) is 6.07 Å². The summed E-state index contributed by atoms with van der Waals surface area (Å²) in [5.74, 6) is -1.17. The largest absolute Gasteiger partial charge is 0.481 e. The molecular formula is C8H8F3NO. The smallest absolute Gasteiger partial charge is 0.269 e. The number of halogens is 3. The summed E-state index contributed by atoms with van der Waals surface area (Å²) >= 11 is 0. The van der Waals surface area contributed by atoms with Gasteiger partial charge in [0.15, 0.2) is 0 Å². The minimum Gasteiger partial charge on any atom is -0.481 e. The molecule has 13 heavy (non-hydrogen) atoms. The third-order valence-electron chi connectivity index (χ3n) is 1.61. The predicted octanol–water partition coefficient (Wildman–Crippen LogP) is 2.48. The molecule has 0 fully saturated rings. The number of nitrogens with zero attached hydrogens (tertiary/aromatic N) is 1. The van der Waals surface area contributed by atoms with Gasteiger partial charge in [0.25, 0.3) is 6.43 Å². The zero-order valence-electron chi connectivity index (χ0n) is 7.14. The molecule has 0 atom stereocenters. The van der Waals surface area contributed by atoms with E-state index in [9.17, 15) is 13.2 Å². The number of rotatable bonds is 2. The van der Waals surface area contributed by atoms with Crippen molar-refractivity contribution in [2.75, 3.05) is 7.11 Å². The molecule has 2 nitrogen and oxygen atoms in total. The van der Waals surface area contributed by atoms with Gasteiger partial charge >= 0.3 is 0 Å². The molecule has 1 rings (SSSR count). The molecule has 0 saturated carbocycles. The molecule has 1 aromatic rings. The highest BCUT2D eigenvalue weighted by molar-refractivity contribution is 5.34. The molecule has 0 aliphatic rings. The summed E-state index contributed by atoms with van der Waals surface area (Å²) in [5.41, 5.74) is -0.219. The van der Waals surface area contributed by atoms with Gasteiger partial charge in [-0.1, -0.05) is 0 Å². The molecule has 0 unspecified atom stereocenters. The Morgan fingerprint density at radius 1 is 1.46 bits per heavy atom. The highest BCUT2D eigenvalue weighted by Crippen LogP contribution is 2.30. The Morgan fingerprint density at radius 3 is 2.54 bits per heavy atom. The first-order chi connectivity index (χ1) is 6.06. The molecule has 0 aromatic carbocycles. The Labute approximate surface area is 73.4 Å². The molecule has 72 valence electrons. The summed E-state index contributed by atoms with van der Waals surface area (Å²) < 4.78 is 41.9. The van der Waals surface area contributed by atoms with Crippen molar-refractivity contribution in [3.63, 3.8) is 0 Å². The standard InChI is InChI=1S/C8H8F3NO/c1-4-3-5(9)12-8(13-2)6(4)7(10)11/h3,7H,1-2H3. The number of alkyl halides is 2. The minimum atomic E-state index is -2.71. The average molecular weight is 191 g/mol. The van der Waals surface area contributed by atoms with Crippen molar-refractivity contribution in [2.24, 2.45) is 0 Å². The van der Waals surface area contributed by atoms with Gasteiger partial charge in [0, 0.05) is 0 Å². The van der Waals surface area contributed by atoms with Crippen LogP contribution in [-0.2, 0) is 0 Å². The molecule has 0 radical (unpaired) electrons. The van der Waals surface area contributed by atoms with Crippen molar-refractivity contribution in [3.8, 4) is 5.88 Å². The van der Waals surface area contributed by atoms with Gasteiger partial charge in [-0.3, -0.25) is 0 Å². The SMILES string of the molecule is COc1nc(F)cc(C)c1C(F)F. The monoisotopic (exact) mass is 191 g/mol. The van der Waals surface area contributed by atoms with E-state index in [0.29, 0.717) is 0 Å². The topological polar surface area (TPSA) is 22.1 Å². The zero-order chi connectivity index (χ0) is 10.0. The molecule has 0 aliphatic heterocycles. The molecule has 1 aromatic heterocycles. The van der Waals surface area contributed by atoms with Gasteiger partial charge in [0.05, 0.1) is 12.7 Å². The van der Waals surface area contributed by atoms with Crippen LogP contribution in [-0.4, -0.2) is 12.1 Å². The van der Waals surface area contributed by atoms with Crippen molar-refractivity contribution in [2.45, 2.75) is 13.3 Å². The summed E-state index contributed by atoms with van der Waals surface area (Å²) in [4.78, 5) is 3.20. The highest BCUT2D eigenvalue weighted by Gasteiger charge is 2.19. The number of ether oxygens (including phenoxy) is 1. The van der Waals surface area contributed by atoms with Gasteiger partial charge in [-0.2, -0.15) is 9.37 Å². The Morgan fingerprint density at radius 2 is 2.08 bits per heavy atom. The Bertz CT molecular complexity index is 315. The number of pyridine rings is 1. The molecule has 0 amide bonds. The normalized spacial score (nSPS) is 10.6. The van der Waals surface area contributed by atoms with Crippen LogP contribution in [0, 0.1) is 12.9 Å². The quantitative estimate of drug-likeness (QED) is 0.670. The summed E-state index contributed by atoms with van der Waals surface area (Å²) in [5, 5.41) is 0. The predicted molar refractivity (Wildman–Crippen MR) is 40.4 cm³/mol. The molecule has 1 heterocycles. The van der Waals surface area contributed by atoms with E-state index in [4.69, 9.17) is 0 Å². The first-order valence-corrected chi connectivity index (χ1v) is 3.55. The number of aromatic nitrogens is 1. The van der Waals surface area contributed by atoms with Gasteiger partial charge in [-0.15, -0.1) is 0 Å². The number of hydrogen-bond acceptors (Lipinski definition) is 2. The third-order valence-corrected chi connectivity index (χ3v) is 1.61. The van der Waals surface area contributed by atoms with Crippen molar-refractivity contribution < 1.29 is 17.9 Å². The van der Waals surface area contributed by atoms with Crippen molar-refractivity contribution in [1.29, 1.82) is 0 Å². The van der Waals surface area contributed by atoms with E-state index in [2.05, 4.69) is 9.72 Å². The molecule has 5 heteroatoms. The number of methoxy groups -OCH3 is 1. The maximum absolute atomic E-state index is 12.6. The number of aryl methyl sites for hydroxylation is 1. The van der Waals surface area contributed by atoms with E-state index in [-0.39, 0.29) is 17.0 Å². The van der Waals surface area contributed by atoms with E-state index in [1.165, 1.54) is 14.0 Å². The Balaban J connectivity index is 3.30. The summed E-state index contributed by atoms with van der Waals surface area (Å²) in [6.45, 7) is 1.38. The van der Waals surface area contributed by atoms with Crippen LogP contribution in [0.5, 0.6) is 5.88 Å². The first-order valence-electron chi connectivity index (χ1n) is 3.55.